The van der Waals surface area contributed by atoms with Crippen molar-refractivity contribution < 1.29 is 49.2 Å². The van der Waals surface area contributed by atoms with Crippen LogP contribution in [0, 0.1) is 0 Å². The molecule has 1 aliphatic heterocycles. The van der Waals surface area contributed by atoms with Crippen LogP contribution in [0.2, 0.25) is 0 Å². The summed E-state index contributed by atoms with van der Waals surface area (Å²) in [4.78, 5) is 3.16. The number of methoxy groups -OCH3 is 1. The molecular weight excluding hydrogens is 479 g/mol. The third kappa shape index (κ3) is 4.54. The van der Waals surface area contributed by atoms with E-state index in [4.69, 9.17) is 22.8 Å². The van der Waals surface area contributed by atoms with E-state index in [-0.39, 0.29) is 5.56 Å². The molecule has 190 valence electrons. The van der Waals surface area contributed by atoms with Gasteiger partial charge in [0.2, 0.25) is 0 Å². The van der Waals surface area contributed by atoms with Gasteiger partial charge in [-0.05, 0) is 0 Å². The van der Waals surface area contributed by atoms with Crippen LogP contribution in [0.15, 0.2) is 29.3 Å². The third-order valence-corrected chi connectivity index (χ3v) is 8.85. The van der Waals surface area contributed by atoms with E-state index in [0.717, 1.165) is 0 Å². The van der Waals surface area contributed by atoms with Crippen LogP contribution in [0.5, 0.6) is 5.75 Å². The third-order valence-electron chi connectivity index (χ3n) is 4.34. The van der Waals surface area contributed by atoms with Gasteiger partial charge in [-0.1, -0.05) is 0 Å². The van der Waals surface area contributed by atoms with Crippen molar-refractivity contribution in [1.82, 2.24) is 0 Å². The molecule has 1 aromatic carbocycles. The Bertz CT molecular complexity index is 824. The zero-order chi connectivity index (χ0) is 25.5. The van der Waals surface area contributed by atoms with Gasteiger partial charge in [0.15, 0.2) is 0 Å². The monoisotopic (exact) mass is 507 g/mol. The second kappa shape index (κ2) is 8.87. The number of hydrogen-bond donors (Lipinski definition) is 0. The van der Waals surface area contributed by atoms with Crippen molar-refractivity contribution in [3.05, 3.63) is 29.8 Å². The Morgan fingerprint density at radius 3 is 1.48 bits per heavy atom. The second-order valence-corrected chi connectivity index (χ2v) is 11.3. The van der Waals surface area contributed by atoms with Gasteiger partial charge in [0.05, 0.1) is 0 Å². The Kier molecular flexibility index (Phi) is 7.42. The molecule has 2 rings (SSSR count). The van der Waals surface area contributed by atoms with Gasteiger partial charge in [-0.15, -0.1) is 0 Å². The Morgan fingerprint density at radius 1 is 0.788 bits per heavy atom. The molecule has 0 unspecified atom stereocenters. The molecule has 33 heavy (non-hydrogen) atoms. The molecular formula is C20H28F6NO5P. The van der Waals surface area contributed by atoms with Crippen LogP contribution in [0.3, 0.4) is 0 Å². The number of hydrogen-bond acceptors (Lipinski definition) is 6. The zero-order valence-corrected chi connectivity index (χ0v) is 20.1. The van der Waals surface area contributed by atoms with Crippen molar-refractivity contribution in [2.24, 2.45) is 4.99 Å². The molecule has 1 aromatic rings. The normalized spacial score (nSPS) is 21.0. The second-order valence-electron chi connectivity index (χ2n) is 8.18. The Labute approximate surface area is 188 Å². The Hall–Kier alpha value is -1.62. The first-order valence-electron chi connectivity index (χ1n) is 10.1. The van der Waals surface area contributed by atoms with Gasteiger partial charge < -0.3 is 0 Å². The summed E-state index contributed by atoms with van der Waals surface area (Å²) in [5.74, 6) is -0.644. The van der Waals surface area contributed by atoms with Crippen LogP contribution in [0.4, 0.5) is 26.3 Å². The fraction of sp³-hybridized carbons (Fsp3) is 0.650. The quantitative estimate of drug-likeness (QED) is 0.287. The maximum atomic E-state index is 14.7. The van der Waals surface area contributed by atoms with Gasteiger partial charge in [0.25, 0.3) is 0 Å². The minimum absolute atomic E-state index is 0.174. The molecule has 0 aromatic heterocycles. The molecule has 0 atom stereocenters. The molecule has 0 aliphatic carbocycles. The predicted molar refractivity (Wildman–Crippen MR) is 111 cm³/mol. The van der Waals surface area contributed by atoms with Gasteiger partial charge in [0.1, 0.15) is 0 Å². The van der Waals surface area contributed by atoms with E-state index >= 15 is 0 Å². The van der Waals surface area contributed by atoms with Crippen LogP contribution in [-0.4, -0.2) is 49.0 Å². The fourth-order valence-electron chi connectivity index (χ4n) is 3.48. The number of benzene rings is 1. The van der Waals surface area contributed by atoms with E-state index < -0.39 is 49.4 Å². The average molecular weight is 507 g/mol. The van der Waals surface area contributed by atoms with Crippen molar-refractivity contribution in [2.45, 2.75) is 77.5 Å². The molecule has 0 spiro atoms. The number of rotatable bonds is 8. The topological polar surface area (TPSA) is 58.5 Å². The summed E-state index contributed by atoms with van der Waals surface area (Å²) in [7, 11) is -5.34. The number of alkyl halides is 6. The maximum absolute atomic E-state index is 14.7. The van der Waals surface area contributed by atoms with E-state index in [1.165, 1.54) is 72.9 Å². The molecule has 6 nitrogen and oxygen atoms in total. The summed E-state index contributed by atoms with van der Waals surface area (Å²) in [5.41, 5.74) is -0.174. The SMILES string of the molecule is COc1ccc(C2=NC(C(F)(F)F)(C(F)(F)F)P(OC(C)C)(OC(C)C)(OC(C)C)O2)cc1. The zero-order valence-electron chi connectivity index (χ0n) is 19.2. The van der Waals surface area contributed by atoms with Gasteiger partial charge in [-0.25, -0.2) is 0 Å². The van der Waals surface area contributed by atoms with Crippen molar-refractivity contribution in [2.75, 3.05) is 7.11 Å². The van der Waals surface area contributed by atoms with E-state index in [1.807, 2.05) is 0 Å². The summed E-state index contributed by atoms with van der Waals surface area (Å²) < 4.78 is 115. The van der Waals surface area contributed by atoms with Crippen molar-refractivity contribution in [3.8, 4) is 5.75 Å². The number of halogens is 6. The number of ether oxygens (including phenoxy) is 1. The molecule has 0 N–H and O–H groups in total. The van der Waals surface area contributed by atoms with E-state index in [2.05, 4.69) is 4.99 Å². The van der Waals surface area contributed by atoms with Crippen LogP contribution in [0.1, 0.15) is 47.1 Å². The van der Waals surface area contributed by atoms with Crippen LogP contribution in [-0.2, 0) is 18.1 Å². The average Bonchev–Trinajstić information content (AvgIpc) is 2.91. The molecule has 0 amide bonds. The summed E-state index contributed by atoms with van der Waals surface area (Å²) in [6.45, 7) is 7.55. The van der Waals surface area contributed by atoms with Gasteiger partial charge in [0, 0.05) is 0 Å². The first-order chi connectivity index (χ1) is 14.9. The first kappa shape index (κ1) is 27.6. The van der Waals surface area contributed by atoms with Crippen LogP contribution >= 0.6 is 7.51 Å². The van der Waals surface area contributed by atoms with E-state index in [0.29, 0.717) is 5.75 Å². The van der Waals surface area contributed by atoms with Gasteiger partial charge >= 0.3 is 188 Å². The van der Waals surface area contributed by atoms with Gasteiger partial charge in [-0.2, -0.15) is 0 Å². The molecule has 13 heteroatoms. The van der Waals surface area contributed by atoms with Gasteiger partial charge in [-0.3, -0.25) is 0 Å². The standard InChI is InChI=1S/C20H28F6NO5P/c1-12(2)29-33(30-13(3)4,31-14(5)6)18(19(21,22)23,20(24,25)26)27-17(32-33)15-8-10-16(28-7)11-9-15/h8-14H,1-7H3. The summed E-state index contributed by atoms with van der Waals surface area (Å²) >= 11 is 0. The van der Waals surface area contributed by atoms with E-state index in [9.17, 15) is 26.3 Å². The Balaban J connectivity index is 3.03. The summed E-state index contributed by atoms with van der Waals surface area (Å²) in [6, 6.07) is 5.11. The van der Waals surface area contributed by atoms with Crippen LogP contribution < -0.4 is 4.74 Å². The van der Waals surface area contributed by atoms with Crippen molar-refractivity contribution in [3.63, 3.8) is 0 Å². The van der Waals surface area contributed by atoms with E-state index in [1.54, 1.807) is 0 Å². The molecule has 0 fully saturated rings. The molecule has 0 saturated carbocycles. The van der Waals surface area contributed by atoms with Crippen LogP contribution in [0.25, 0.3) is 0 Å². The summed E-state index contributed by atoms with van der Waals surface area (Å²) in [5, 5.41) is -4.96. The molecule has 1 heterocycles. The minimum atomic E-state index is -6.70. The predicted octanol–water partition coefficient (Wildman–Crippen LogP) is 6.78. The summed E-state index contributed by atoms with van der Waals surface area (Å²) in [6.07, 6.45) is -15.8. The van der Waals surface area contributed by atoms with Crippen molar-refractivity contribution >= 4 is 13.4 Å². The molecule has 0 bridgehead atoms. The first-order valence-corrected chi connectivity index (χ1v) is 12.0. The Morgan fingerprint density at radius 2 is 1.18 bits per heavy atom. The number of nitrogens with zero attached hydrogens (tertiary/aromatic N) is 1. The molecule has 0 saturated heterocycles. The van der Waals surface area contributed by atoms with Crippen molar-refractivity contribution in [1.29, 1.82) is 0 Å². The molecule has 1 aliphatic rings. The fourth-order valence-corrected chi connectivity index (χ4v) is 8.05. The number of aliphatic imine (C=N–C) groups is 1. The molecule has 0 radical (unpaired) electrons.